The maximum absolute atomic E-state index is 12.0. The number of H-pyrrole nitrogens is 1. The second-order valence-electron chi connectivity index (χ2n) is 5.86. The predicted molar refractivity (Wildman–Crippen MR) is 99.5 cm³/mol. The lowest BCUT2D eigenvalue weighted by Crippen LogP contribution is -2.24. The Labute approximate surface area is 147 Å². The number of amides is 1. The van der Waals surface area contributed by atoms with E-state index in [0.717, 1.165) is 17.9 Å². The van der Waals surface area contributed by atoms with Crippen LogP contribution >= 0.6 is 12.2 Å². The molecule has 1 amide bonds. The number of carbonyl (C=O) groups excluding carboxylic acids is 1. The van der Waals surface area contributed by atoms with E-state index in [-0.39, 0.29) is 5.91 Å². The van der Waals surface area contributed by atoms with E-state index in [1.54, 1.807) is 6.08 Å². The molecule has 0 spiro atoms. The molecule has 24 heavy (non-hydrogen) atoms. The third-order valence-electron chi connectivity index (χ3n) is 4.10. The summed E-state index contributed by atoms with van der Waals surface area (Å²) in [5.41, 5.74) is 4.72. The molecular weight excluding hydrogens is 320 g/mol. The molecular formula is C18H24N4OS. The predicted octanol–water partition coefficient (Wildman–Crippen LogP) is 3.26. The maximum Gasteiger partial charge on any atom is 0.244 e. The molecule has 0 saturated carbocycles. The molecule has 2 aromatic rings. The maximum atomic E-state index is 12.0. The van der Waals surface area contributed by atoms with Gasteiger partial charge in [0.15, 0.2) is 4.77 Å². The minimum absolute atomic E-state index is 0.107. The number of nitrogens with one attached hydrogen (secondary N) is 2. The third kappa shape index (κ3) is 4.41. The number of hydrogen-bond donors (Lipinski definition) is 2. The topological polar surface area (TPSA) is 62.7 Å². The first-order chi connectivity index (χ1) is 11.4. The Kier molecular flexibility index (Phi) is 6.09. The first-order valence-corrected chi connectivity index (χ1v) is 8.51. The van der Waals surface area contributed by atoms with Gasteiger partial charge in [0.2, 0.25) is 5.91 Å². The molecule has 0 aliphatic rings. The number of carbonyl (C=O) groups is 1. The van der Waals surface area contributed by atoms with Crippen molar-refractivity contribution in [3.8, 4) is 0 Å². The molecule has 0 saturated heterocycles. The van der Waals surface area contributed by atoms with Crippen LogP contribution in [0.2, 0.25) is 0 Å². The Balaban J connectivity index is 1.91. The molecule has 0 aliphatic carbocycles. The highest BCUT2D eigenvalue weighted by molar-refractivity contribution is 7.71. The summed E-state index contributed by atoms with van der Waals surface area (Å²) < 4.78 is 2.54. The molecule has 0 bridgehead atoms. The second kappa shape index (κ2) is 8.06. The lowest BCUT2D eigenvalue weighted by atomic mass is 10.0. The number of aromatic amines is 1. The summed E-state index contributed by atoms with van der Waals surface area (Å²) in [6.07, 6.45) is 4.08. The molecule has 128 valence electrons. The van der Waals surface area contributed by atoms with E-state index in [1.165, 1.54) is 16.7 Å². The molecule has 0 fully saturated rings. The molecule has 5 nitrogen and oxygen atoms in total. The quantitative estimate of drug-likeness (QED) is 0.624. The van der Waals surface area contributed by atoms with E-state index in [1.807, 2.05) is 17.6 Å². The number of hydrogen-bond acceptors (Lipinski definition) is 3. The van der Waals surface area contributed by atoms with E-state index in [0.29, 0.717) is 17.7 Å². The van der Waals surface area contributed by atoms with Gasteiger partial charge in [-0.2, -0.15) is 5.10 Å². The van der Waals surface area contributed by atoms with Gasteiger partial charge in [-0.1, -0.05) is 12.1 Å². The molecule has 1 aromatic carbocycles. The molecule has 0 unspecified atom stereocenters. The SMILES string of the molecule is CCn1c(CCNC(=O)/C=C/c2cc(C)c(C)cc2C)n[nH]c1=S. The molecule has 0 aliphatic heterocycles. The van der Waals surface area contributed by atoms with Gasteiger partial charge in [-0.05, 0) is 68.2 Å². The van der Waals surface area contributed by atoms with Gasteiger partial charge in [-0.15, -0.1) is 0 Å². The fourth-order valence-electron chi connectivity index (χ4n) is 2.55. The second-order valence-corrected chi connectivity index (χ2v) is 6.24. The van der Waals surface area contributed by atoms with Crippen molar-refractivity contribution in [2.45, 2.75) is 40.7 Å². The molecule has 0 atom stereocenters. The Morgan fingerprint density at radius 1 is 1.29 bits per heavy atom. The van der Waals surface area contributed by atoms with Gasteiger partial charge in [-0.25, -0.2) is 0 Å². The highest BCUT2D eigenvalue weighted by atomic mass is 32.1. The summed E-state index contributed by atoms with van der Waals surface area (Å²) >= 11 is 5.15. The Morgan fingerprint density at radius 3 is 2.71 bits per heavy atom. The molecule has 2 rings (SSSR count). The number of benzene rings is 1. The minimum atomic E-state index is -0.107. The van der Waals surface area contributed by atoms with Crippen molar-refractivity contribution < 1.29 is 4.79 Å². The summed E-state index contributed by atoms with van der Waals surface area (Å²) in [6, 6.07) is 4.24. The molecule has 1 aromatic heterocycles. The summed E-state index contributed by atoms with van der Waals surface area (Å²) in [5.74, 6) is 0.751. The van der Waals surface area contributed by atoms with Gasteiger partial charge in [0.05, 0.1) is 0 Å². The van der Waals surface area contributed by atoms with Gasteiger partial charge in [0, 0.05) is 25.6 Å². The summed E-state index contributed by atoms with van der Waals surface area (Å²) in [7, 11) is 0. The fourth-order valence-corrected chi connectivity index (χ4v) is 2.83. The van der Waals surface area contributed by atoms with E-state index in [4.69, 9.17) is 12.2 Å². The van der Waals surface area contributed by atoms with Crippen molar-refractivity contribution in [3.63, 3.8) is 0 Å². The number of aromatic nitrogens is 3. The average Bonchev–Trinajstić information content (AvgIpc) is 2.89. The standard InChI is InChI=1S/C18H24N4OS/c1-5-22-16(20-21-18(22)24)8-9-19-17(23)7-6-15-11-13(3)12(2)10-14(15)4/h6-7,10-11H,5,8-9H2,1-4H3,(H,19,23)(H,21,24)/b7-6+. The van der Waals surface area contributed by atoms with Gasteiger partial charge in [0.1, 0.15) is 5.82 Å². The minimum Gasteiger partial charge on any atom is -0.352 e. The van der Waals surface area contributed by atoms with Crippen molar-refractivity contribution in [1.29, 1.82) is 0 Å². The molecule has 2 N–H and O–H groups in total. The lowest BCUT2D eigenvalue weighted by Gasteiger charge is -2.06. The van der Waals surface area contributed by atoms with Crippen LogP contribution in [0.3, 0.4) is 0 Å². The zero-order valence-corrected chi connectivity index (χ0v) is 15.5. The van der Waals surface area contributed by atoms with Crippen molar-refractivity contribution in [3.05, 3.63) is 51.1 Å². The smallest absolute Gasteiger partial charge is 0.244 e. The number of nitrogens with zero attached hydrogens (tertiary/aromatic N) is 2. The first-order valence-electron chi connectivity index (χ1n) is 8.10. The average molecular weight is 344 g/mol. The van der Waals surface area contributed by atoms with Crippen LogP contribution in [0.25, 0.3) is 6.08 Å². The zero-order valence-electron chi connectivity index (χ0n) is 14.6. The van der Waals surface area contributed by atoms with E-state index < -0.39 is 0 Å². The van der Waals surface area contributed by atoms with Crippen LogP contribution in [0.5, 0.6) is 0 Å². The fraction of sp³-hybridized carbons (Fsp3) is 0.389. The summed E-state index contributed by atoms with van der Waals surface area (Å²) in [5, 5.41) is 9.84. The molecule has 0 radical (unpaired) electrons. The first kappa shape index (κ1) is 18.1. The number of aryl methyl sites for hydroxylation is 3. The van der Waals surface area contributed by atoms with Gasteiger partial charge in [-0.3, -0.25) is 9.89 Å². The van der Waals surface area contributed by atoms with Crippen LogP contribution < -0.4 is 5.32 Å². The van der Waals surface area contributed by atoms with Crippen LogP contribution in [-0.2, 0) is 17.8 Å². The van der Waals surface area contributed by atoms with Gasteiger partial charge < -0.3 is 9.88 Å². The van der Waals surface area contributed by atoms with Crippen molar-refractivity contribution in [1.82, 2.24) is 20.1 Å². The summed E-state index contributed by atoms with van der Waals surface area (Å²) in [4.78, 5) is 12.0. The largest absolute Gasteiger partial charge is 0.352 e. The zero-order chi connectivity index (χ0) is 17.7. The van der Waals surface area contributed by atoms with Gasteiger partial charge in [0.25, 0.3) is 0 Å². The number of rotatable bonds is 6. The van der Waals surface area contributed by atoms with Crippen LogP contribution in [-0.4, -0.2) is 27.2 Å². The third-order valence-corrected chi connectivity index (χ3v) is 4.41. The van der Waals surface area contributed by atoms with Crippen molar-refractivity contribution >= 4 is 24.2 Å². The Bertz CT molecular complexity index is 817. The van der Waals surface area contributed by atoms with Crippen LogP contribution in [0.4, 0.5) is 0 Å². The van der Waals surface area contributed by atoms with Crippen LogP contribution in [0.1, 0.15) is 35.0 Å². The summed E-state index contributed by atoms with van der Waals surface area (Å²) in [6.45, 7) is 9.53. The monoisotopic (exact) mass is 344 g/mol. The van der Waals surface area contributed by atoms with Crippen molar-refractivity contribution in [2.75, 3.05) is 6.54 Å². The Hall–Kier alpha value is -2.21. The van der Waals surface area contributed by atoms with Crippen LogP contribution in [0, 0.1) is 25.5 Å². The Morgan fingerprint density at radius 2 is 2.00 bits per heavy atom. The van der Waals surface area contributed by atoms with E-state index in [2.05, 4.69) is 48.4 Å². The lowest BCUT2D eigenvalue weighted by molar-refractivity contribution is -0.116. The van der Waals surface area contributed by atoms with Crippen LogP contribution in [0.15, 0.2) is 18.2 Å². The van der Waals surface area contributed by atoms with E-state index in [9.17, 15) is 4.79 Å². The highest BCUT2D eigenvalue weighted by Crippen LogP contribution is 2.16. The normalized spacial score (nSPS) is 11.2. The molecule has 6 heteroatoms. The van der Waals surface area contributed by atoms with E-state index >= 15 is 0 Å². The highest BCUT2D eigenvalue weighted by Gasteiger charge is 2.05. The van der Waals surface area contributed by atoms with Gasteiger partial charge >= 0.3 is 0 Å². The molecule has 1 heterocycles. The van der Waals surface area contributed by atoms with Crippen molar-refractivity contribution in [2.24, 2.45) is 0 Å².